The Morgan fingerprint density at radius 3 is 2.25 bits per heavy atom. The summed E-state index contributed by atoms with van der Waals surface area (Å²) >= 11 is 5.91. The molecule has 0 fully saturated rings. The van der Waals surface area contributed by atoms with E-state index in [1.807, 2.05) is 50.2 Å². The Hall–Kier alpha value is -2.53. The minimum atomic E-state index is -0.440. The summed E-state index contributed by atoms with van der Waals surface area (Å²) < 4.78 is 10.4. The number of ether oxygens (including phenoxy) is 2. The van der Waals surface area contributed by atoms with Gasteiger partial charge in [0.25, 0.3) is 5.91 Å². The molecule has 1 N–H and O–H groups in total. The van der Waals surface area contributed by atoms with Crippen molar-refractivity contribution in [1.29, 1.82) is 0 Å². The second-order valence-corrected chi connectivity index (χ2v) is 7.27. The first-order valence-electron chi connectivity index (χ1n) is 9.22. The topological polar surface area (TPSA) is 64.6 Å². The lowest BCUT2D eigenvalue weighted by Crippen LogP contribution is -2.32. The van der Waals surface area contributed by atoms with E-state index in [4.69, 9.17) is 21.1 Å². The number of carbonyl (C=O) groups excluding carboxylic acids is 2. The maximum Gasteiger partial charge on any atom is 0.314 e. The normalized spacial score (nSPS) is 11.8. The summed E-state index contributed by atoms with van der Waals surface area (Å²) in [5.74, 6) is -0.348. The fraction of sp³-hybridized carbons (Fsp3) is 0.364. The van der Waals surface area contributed by atoms with Crippen LogP contribution in [-0.2, 0) is 20.7 Å². The molecule has 0 saturated carbocycles. The summed E-state index contributed by atoms with van der Waals surface area (Å²) in [6, 6.07) is 14.8. The second kappa shape index (κ2) is 10.7. The Bertz CT molecular complexity index is 772. The van der Waals surface area contributed by atoms with E-state index in [2.05, 4.69) is 5.32 Å². The van der Waals surface area contributed by atoms with Crippen molar-refractivity contribution < 1.29 is 19.1 Å². The highest BCUT2D eigenvalue weighted by Gasteiger charge is 2.26. The van der Waals surface area contributed by atoms with E-state index in [1.54, 1.807) is 19.2 Å². The minimum Gasteiger partial charge on any atom is -0.497 e. The van der Waals surface area contributed by atoms with Crippen molar-refractivity contribution in [3.05, 3.63) is 64.7 Å². The first-order chi connectivity index (χ1) is 13.4. The quantitative estimate of drug-likeness (QED) is 0.643. The number of benzene rings is 2. The lowest BCUT2D eigenvalue weighted by molar-refractivity contribution is -0.151. The molecule has 0 saturated heterocycles. The molecule has 2 aromatic rings. The number of hydrogen-bond acceptors (Lipinski definition) is 4. The summed E-state index contributed by atoms with van der Waals surface area (Å²) in [7, 11) is 1.62. The largest absolute Gasteiger partial charge is 0.497 e. The van der Waals surface area contributed by atoms with Crippen LogP contribution in [0, 0.1) is 5.92 Å². The number of amides is 1. The number of nitrogens with one attached hydrogen (secondary N) is 1. The SMILES string of the molecule is COc1ccc(CCNC(=O)COC(=O)C(c2ccc(Cl)cc2)C(C)C)cc1. The molecule has 0 radical (unpaired) electrons. The van der Waals surface area contributed by atoms with Gasteiger partial charge in [-0.05, 0) is 47.7 Å². The Morgan fingerprint density at radius 2 is 1.68 bits per heavy atom. The molecule has 0 aromatic heterocycles. The number of rotatable bonds is 9. The molecule has 28 heavy (non-hydrogen) atoms. The number of carbonyl (C=O) groups is 2. The van der Waals surface area contributed by atoms with Crippen molar-refractivity contribution in [3.63, 3.8) is 0 Å². The van der Waals surface area contributed by atoms with Crippen LogP contribution in [0.15, 0.2) is 48.5 Å². The van der Waals surface area contributed by atoms with E-state index < -0.39 is 11.9 Å². The number of methoxy groups -OCH3 is 1. The van der Waals surface area contributed by atoms with Gasteiger partial charge in [0.1, 0.15) is 5.75 Å². The highest BCUT2D eigenvalue weighted by molar-refractivity contribution is 6.30. The zero-order chi connectivity index (χ0) is 20.5. The average molecular weight is 404 g/mol. The number of esters is 1. The summed E-state index contributed by atoms with van der Waals surface area (Å²) in [5, 5.41) is 3.37. The highest BCUT2D eigenvalue weighted by Crippen LogP contribution is 2.27. The molecule has 1 atom stereocenters. The van der Waals surface area contributed by atoms with E-state index in [0.29, 0.717) is 18.0 Å². The van der Waals surface area contributed by atoms with E-state index >= 15 is 0 Å². The van der Waals surface area contributed by atoms with E-state index in [-0.39, 0.29) is 18.4 Å². The van der Waals surface area contributed by atoms with Crippen LogP contribution in [0.3, 0.4) is 0 Å². The monoisotopic (exact) mass is 403 g/mol. The molecule has 0 bridgehead atoms. The first kappa shape index (κ1) is 21.8. The van der Waals surface area contributed by atoms with Crippen molar-refractivity contribution in [2.24, 2.45) is 5.92 Å². The van der Waals surface area contributed by atoms with Crippen LogP contribution in [0.1, 0.15) is 30.9 Å². The molecule has 2 aromatic carbocycles. The van der Waals surface area contributed by atoms with Gasteiger partial charge in [-0.1, -0.05) is 49.7 Å². The van der Waals surface area contributed by atoms with Crippen LogP contribution in [0.4, 0.5) is 0 Å². The van der Waals surface area contributed by atoms with Crippen molar-refractivity contribution in [3.8, 4) is 5.75 Å². The molecule has 0 heterocycles. The molecular formula is C22H26ClNO4. The summed E-state index contributed by atoms with van der Waals surface area (Å²) in [6.45, 7) is 4.05. The van der Waals surface area contributed by atoms with Crippen LogP contribution < -0.4 is 10.1 Å². The van der Waals surface area contributed by atoms with Crippen LogP contribution in [-0.4, -0.2) is 32.1 Å². The summed E-state index contributed by atoms with van der Waals surface area (Å²) in [4.78, 5) is 24.5. The fourth-order valence-corrected chi connectivity index (χ4v) is 3.01. The molecule has 0 aliphatic heterocycles. The van der Waals surface area contributed by atoms with Crippen LogP contribution in [0.5, 0.6) is 5.75 Å². The Labute approximate surface area is 171 Å². The smallest absolute Gasteiger partial charge is 0.314 e. The molecule has 6 heteroatoms. The van der Waals surface area contributed by atoms with Gasteiger partial charge < -0.3 is 14.8 Å². The molecular weight excluding hydrogens is 378 g/mol. The first-order valence-corrected chi connectivity index (χ1v) is 9.60. The zero-order valence-corrected chi connectivity index (χ0v) is 17.2. The van der Waals surface area contributed by atoms with Crippen LogP contribution in [0.2, 0.25) is 5.02 Å². The minimum absolute atomic E-state index is 0.0341. The molecule has 1 amide bonds. The maximum absolute atomic E-state index is 12.5. The van der Waals surface area contributed by atoms with Gasteiger partial charge in [-0.25, -0.2) is 0 Å². The van der Waals surface area contributed by atoms with Crippen molar-refractivity contribution in [2.45, 2.75) is 26.2 Å². The molecule has 150 valence electrons. The third kappa shape index (κ3) is 6.57. The highest BCUT2D eigenvalue weighted by atomic mass is 35.5. The van der Waals surface area contributed by atoms with Crippen LogP contribution in [0.25, 0.3) is 0 Å². The van der Waals surface area contributed by atoms with E-state index in [1.165, 1.54) is 0 Å². The van der Waals surface area contributed by atoms with Gasteiger partial charge in [0.15, 0.2) is 6.61 Å². The van der Waals surface area contributed by atoms with Crippen molar-refractivity contribution in [2.75, 3.05) is 20.3 Å². The van der Waals surface area contributed by atoms with Gasteiger partial charge in [-0.15, -0.1) is 0 Å². The Balaban J connectivity index is 1.79. The van der Waals surface area contributed by atoms with Gasteiger partial charge in [0.05, 0.1) is 13.0 Å². The molecule has 0 aliphatic rings. The van der Waals surface area contributed by atoms with Gasteiger partial charge in [-0.3, -0.25) is 9.59 Å². The molecule has 2 rings (SSSR count). The lowest BCUT2D eigenvalue weighted by Gasteiger charge is -2.20. The zero-order valence-electron chi connectivity index (χ0n) is 16.4. The molecule has 0 spiro atoms. The number of hydrogen-bond donors (Lipinski definition) is 1. The molecule has 5 nitrogen and oxygen atoms in total. The fourth-order valence-electron chi connectivity index (χ4n) is 2.88. The summed E-state index contributed by atoms with van der Waals surface area (Å²) in [6.07, 6.45) is 0.684. The van der Waals surface area contributed by atoms with Crippen molar-refractivity contribution >= 4 is 23.5 Å². The lowest BCUT2D eigenvalue weighted by atomic mass is 9.88. The second-order valence-electron chi connectivity index (χ2n) is 6.83. The van der Waals surface area contributed by atoms with Crippen molar-refractivity contribution in [1.82, 2.24) is 5.32 Å². The number of halogens is 1. The Kier molecular flexibility index (Phi) is 8.33. The van der Waals surface area contributed by atoms with Gasteiger partial charge >= 0.3 is 5.97 Å². The van der Waals surface area contributed by atoms with Gasteiger partial charge in [0, 0.05) is 11.6 Å². The third-order valence-corrected chi connectivity index (χ3v) is 4.64. The predicted molar refractivity (Wildman–Crippen MR) is 110 cm³/mol. The average Bonchev–Trinajstić information content (AvgIpc) is 2.68. The molecule has 1 unspecified atom stereocenters. The molecule has 0 aliphatic carbocycles. The maximum atomic E-state index is 12.5. The predicted octanol–water partition coefficient (Wildman–Crippen LogP) is 3.99. The van der Waals surface area contributed by atoms with Crippen LogP contribution >= 0.6 is 11.6 Å². The third-order valence-electron chi connectivity index (χ3n) is 4.39. The van der Waals surface area contributed by atoms with Gasteiger partial charge in [-0.2, -0.15) is 0 Å². The van der Waals surface area contributed by atoms with E-state index in [0.717, 1.165) is 16.9 Å². The Morgan fingerprint density at radius 1 is 1.04 bits per heavy atom. The van der Waals surface area contributed by atoms with Gasteiger partial charge in [0.2, 0.25) is 0 Å². The summed E-state index contributed by atoms with van der Waals surface area (Å²) in [5.41, 5.74) is 1.91. The van der Waals surface area contributed by atoms with E-state index in [9.17, 15) is 9.59 Å². The standard InChI is InChI=1S/C22H26ClNO4/c1-15(2)21(17-6-8-18(23)9-7-17)22(26)28-14-20(25)24-13-12-16-4-10-19(27-3)11-5-16/h4-11,15,21H,12-14H2,1-3H3,(H,24,25).